The number of rotatable bonds is 0. The van der Waals surface area contributed by atoms with Crippen molar-refractivity contribution in [3.8, 4) is 0 Å². The summed E-state index contributed by atoms with van der Waals surface area (Å²) in [6.07, 6.45) is 4.42. The monoisotopic (exact) mass is 116 g/mol. The molecular weight excluding hydrogens is 100 g/mol. The van der Waals surface area contributed by atoms with Gasteiger partial charge in [0.05, 0.1) is 0 Å². The standard InChI is InChI=1S/C7H14.H2O/c1-6-4-3-5-7(6)2;/h6-7H,3-5H2,1-2H3;1H2. The summed E-state index contributed by atoms with van der Waals surface area (Å²) in [5.74, 6) is 2.03. The minimum absolute atomic E-state index is 0. The Labute approximate surface area is 51.4 Å². The van der Waals surface area contributed by atoms with Crippen LogP contribution in [-0.4, -0.2) is 5.48 Å². The van der Waals surface area contributed by atoms with Crippen molar-refractivity contribution in [2.45, 2.75) is 33.1 Å². The molecular formula is C7H16O. The van der Waals surface area contributed by atoms with Gasteiger partial charge in [-0.05, 0) is 11.8 Å². The van der Waals surface area contributed by atoms with Crippen molar-refractivity contribution in [2.75, 3.05) is 0 Å². The fourth-order valence-electron chi connectivity index (χ4n) is 1.33. The van der Waals surface area contributed by atoms with E-state index in [2.05, 4.69) is 13.8 Å². The molecule has 0 radical (unpaired) electrons. The van der Waals surface area contributed by atoms with E-state index >= 15 is 0 Å². The van der Waals surface area contributed by atoms with Gasteiger partial charge in [-0.1, -0.05) is 33.1 Å². The molecule has 0 bridgehead atoms. The maximum absolute atomic E-state index is 2.36. The molecule has 1 nitrogen and oxygen atoms in total. The molecule has 0 spiro atoms. The summed E-state index contributed by atoms with van der Waals surface area (Å²) in [5.41, 5.74) is 0. The van der Waals surface area contributed by atoms with Gasteiger partial charge >= 0.3 is 0 Å². The van der Waals surface area contributed by atoms with Crippen molar-refractivity contribution in [3.05, 3.63) is 0 Å². The quantitative estimate of drug-likeness (QED) is 0.460. The van der Waals surface area contributed by atoms with E-state index in [0.29, 0.717) is 0 Å². The molecule has 2 atom stereocenters. The van der Waals surface area contributed by atoms with Gasteiger partial charge in [0, 0.05) is 0 Å². The Bertz CT molecular complexity index is 53.4. The highest BCUT2D eigenvalue weighted by atomic mass is 16.0. The fourth-order valence-corrected chi connectivity index (χ4v) is 1.33. The Morgan fingerprint density at radius 2 is 1.38 bits per heavy atom. The molecule has 1 aliphatic rings. The first kappa shape index (κ1) is 7.96. The normalized spacial score (nSPS) is 36.8. The summed E-state index contributed by atoms with van der Waals surface area (Å²) < 4.78 is 0. The molecule has 0 aromatic heterocycles. The third-order valence-electron chi connectivity index (χ3n) is 2.29. The zero-order valence-electron chi connectivity index (χ0n) is 5.78. The van der Waals surface area contributed by atoms with E-state index in [1.807, 2.05) is 0 Å². The van der Waals surface area contributed by atoms with Crippen LogP contribution in [-0.2, 0) is 0 Å². The van der Waals surface area contributed by atoms with Gasteiger partial charge in [-0.25, -0.2) is 0 Å². The first-order valence-corrected chi connectivity index (χ1v) is 3.30. The van der Waals surface area contributed by atoms with E-state index in [1.54, 1.807) is 0 Å². The van der Waals surface area contributed by atoms with Crippen LogP contribution in [0.25, 0.3) is 0 Å². The van der Waals surface area contributed by atoms with E-state index in [4.69, 9.17) is 0 Å². The second-order valence-corrected chi connectivity index (χ2v) is 2.89. The van der Waals surface area contributed by atoms with Gasteiger partial charge in [0.2, 0.25) is 0 Å². The van der Waals surface area contributed by atoms with E-state index in [-0.39, 0.29) is 5.48 Å². The molecule has 0 aliphatic heterocycles. The molecule has 1 heteroatoms. The lowest BCUT2D eigenvalue weighted by molar-refractivity contribution is 0.457. The van der Waals surface area contributed by atoms with E-state index in [9.17, 15) is 0 Å². The lowest BCUT2D eigenvalue weighted by atomic mass is 10.0. The Morgan fingerprint density at radius 1 is 1.00 bits per heavy atom. The summed E-state index contributed by atoms with van der Waals surface area (Å²) in [5, 5.41) is 0. The van der Waals surface area contributed by atoms with Crippen molar-refractivity contribution in [1.29, 1.82) is 0 Å². The Kier molecular flexibility index (Phi) is 3.06. The summed E-state index contributed by atoms with van der Waals surface area (Å²) in [6, 6.07) is 0. The average molecular weight is 116 g/mol. The zero-order chi connectivity index (χ0) is 5.28. The van der Waals surface area contributed by atoms with Crippen molar-refractivity contribution in [1.82, 2.24) is 0 Å². The second kappa shape index (κ2) is 3.08. The van der Waals surface area contributed by atoms with Crippen LogP contribution in [0, 0.1) is 11.8 Å². The molecule has 0 saturated heterocycles. The van der Waals surface area contributed by atoms with E-state index < -0.39 is 0 Å². The third-order valence-corrected chi connectivity index (χ3v) is 2.29. The highest BCUT2D eigenvalue weighted by Crippen LogP contribution is 2.29. The molecule has 0 aromatic rings. The van der Waals surface area contributed by atoms with Crippen LogP contribution in [0.5, 0.6) is 0 Å². The molecule has 8 heavy (non-hydrogen) atoms. The van der Waals surface area contributed by atoms with E-state index in [1.165, 1.54) is 19.3 Å². The number of hydrogen-bond donors (Lipinski definition) is 0. The maximum atomic E-state index is 2.36. The van der Waals surface area contributed by atoms with Gasteiger partial charge in [0.25, 0.3) is 0 Å². The molecule has 50 valence electrons. The topological polar surface area (TPSA) is 31.5 Å². The third kappa shape index (κ3) is 1.48. The summed E-state index contributed by atoms with van der Waals surface area (Å²) in [7, 11) is 0. The van der Waals surface area contributed by atoms with E-state index in [0.717, 1.165) is 11.8 Å². The number of hydrogen-bond acceptors (Lipinski definition) is 0. The molecule has 1 rings (SSSR count). The largest absolute Gasteiger partial charge is 0.412 e. The molecule has 0 aromatic carbocycles. The molecule has 2 N–H and O–H groups in total. The van der Waals surface area contributed by atoms with Gasteiger partial charge in [0.1, 0.15) is 0 Å². The van der Waals surface area contributed by atoms with Gasteiger partial charge in [0.15, 0.2) is 0 Å². The summed E-state index contributed by atoms with van der Waals surface area (Å²) in [4.78, 5) is 0. The van der Waals surface area contributed by atoms with Crippen molar-refractivity contribution >= 4 is 0 Å². The van der Waals surface area contributed by atoms with Crippen LogP contribution >= 0.6 is 0 Å². The lowest BCUT2D eigenvalue weighted by Gasteiger charge is -2.05. The minimum atomic E-state index is 0. The molecule has 1 aliphatic carbocycles. The lowest BCUT2D eigenvalue weighted by Crippen LogP contribution is -1.95. The minimum Gasteiger partial charge on any atom is -0.412 e. The maximum Gasteiger partial charge on any atom is -0.0417 e. The van der Waals surface area contributed by atoms with Crippen LogP contribution in [0.15, 0.2) is 0 Å². The Hall–Kier alpha value is -0.0400. The smallest absolute Gasteiger partial charge is 0.0417 e. The SMILES string of the molecule is CC1CCCC1C.O. The predicted molar refractivity (Wildman–Crippen MR) is 35.8 cm³/mol. The first-order chi connectivity index (χ1) is 3.30. The summed E-state index contributed by atoms with van der Waals surface area (Å²) >= 11 is 0. The van der Waals surface area contributed by atoms with Crippen molar-refractivity contribution < 1.29 is 5.48 Å². The zero-order valence-corrected chi connectivity index (χ0v) is 5.78. The van der Waals surface area contributed by atoms with Crippen LogP contribution in [0.1, 0.15) is 33.1 Å². The second-order valence-electron chi connectivity index (χ2n) is 2.89. The van der Waals surface area contributed by atoms with Gasteiger partial charge in [-0.2, -0.15) is 0 Å². The predicted octanol–water partition coefficient (Wildman–Crippen LogP) is 1.62. The fraction of sp³-hybridized carbons (Fsp3) is 1.00. The highest BCUT2D eigenvalue weighted by Gasteiger charge is 2.17. The molecule has 1 fully saturated rings. The van der Waals surface area contributed by atoms with Crippen molar-refractivity contribution in [3.63, 3.8) is 0 Å². The summed E-state index contributed by atoms with van der Waals surface area (Å²) in [6.45, 7) is 4.72. The van der Waals surface area contributed by atoms with Crippen LogP contribution < -0.4 is 0 Å². The molecule has 2 unspecified atom stereocenters. The van der Waals surface area contributed by atoms with Crippen molar-refractivity contribution in [2.24, 2.45) is 11.8 Å². The van der Waals surface area contributed by atoms with Crippen LogP contribution in [0.2, 0.25) is 0 Å². The Morgan fingerprint density at radius 3 is 1.50 bits per heavy atom. The van der Waals surface area contributed by atoms with Gasteiger partial charge in [-0.3, -0.25) is 0 Å². The van der Waals surface area contributed by atoms with Crippen LogP contribution in [0.3, 0.4) is 0 Å². The van der Waals surface area contributed by atoms with Crippen LogP contribution in [0.4, 0.5) is 0 Å². The molecule has 0 heterocycles. The molecule has 0 amide bonds. The average Bonchev–Trinajstić information content (AvgIpc) is 1.91. The molecule has 1 saturated carbocycles. The highest BCUT2D eigenvalue weighted by molar-refractivity contribution is 4.69. The van der Waals surface area contributed by atoms with Gasteiger partial charge < -0.3 is 5.48 Å². The first-order valence-electron chi connectivity index (χ1n) is 3.30. The van der Waals surface area contributed by atoms with Gasteiger partial charge in [-0.15, -0.1) is 0 Å². The Balaban J connectivity index is 0.000000490.